The number of nitrogens with zero attached hydrogens (tertiary/aromatic N) is 1. The average Bonchev–Trinajstić information content (AvgIpc) is 3.33. The zero-order valence-corrected chi connectivity index (χ0v) is 14.9. The van der Waals surface area contributed by atoms with Gasteiger partial charge in [0.05, 0.1) is 16.9 Å². The van der Waals surface area contributed by atoms with Crippen molar-refractivity contribution in [3.63, 3.8) is 0 Å². The largest absolute Gasteiger partial charge is 0.325 e. The first-order chi connectivity index (χ1) is 12.4. The fourth-order valence-corrected chi connectivity index (χ4v) is 5.07. The van der Waals surface area contributed by atoms with Gasteiger partial charge < -0.3 is 5.32 Å². The second-order valence-electron chi connectivity index (χ2n) is 6.81. The molecule has 0 radical (unpaired) electrons. The van der Waals surface area contributed by atoms with E-state index in [0.29, 0.717) is 42.7 Å². The standard InChI is InChI=1S/C19H19FN2O3S/c20-17-8-2-1-7-16(17)19(9-10-19)18(23)21-14-5-3-6-15(13-14)22-11-4-12-26(22,24)25/h1-3,5-8,13H,4,9-12H2,(H,21,23). The van der Waals surface area contributed by atoms with Crippen molar-refractivity contribution in [2.24, 2.45) is 0 Å². The molecule has 1 saturated heterocycles. The Morgan fingerprint density at radius 3 is 2.54 bits per heavy atom. The van der Waals surface area contributed by atoms with Crippen molar-refractivity contribution in [3.8, 4) is 0 Å². The van der Waals surface area contributed by atoms with E-state index in [1.54, 1.807) is 42.5 Å². The zero-order valence-electron chi connectivity index (χ0n) is 14.1. The molecule has 1 aliphatic carbocycles. The Kier molecular flexibility index (Phi) is 3.99. The van der Waals surface area contributed by atoms with Crippen molar-refractivity contribution in [3.05, 3.63) is 59.9 Å². The minimum atomic E-state index is -3.28. The molecular formula is C19H19FN2O3S. The Balaban J connectivity index is 1.58. The van der Waals surface area contributed by atoms with Gasteiger partial charge in [-0.3, -0.25) is 9.10 Å². The number of hydrogen-bond acceptors (Lipinski definition) is 3. The molecule has 7 heteroatoms. The van der Waals surface area contributed by atoms with E-state index in [2.05, 4.69) is 5.32 Å². The van der Waals surface area contributed by atoms with E-state index < -0.39 is 15.4 Å². The molecule has 26 heavy (non-hydrogen) atoms. The van der Waals surface area contributed by atoms with Crippen LogP contribution in [-0.4, -0.2) is 26.6 Å². The second kappa shape index (κ2) is 6.09. The summed E-state index contributed by atoms with van der Waals surface area (Å²) in [5, 5.41) is 2.83. The van der Waals surface area contributed by atoms with E-state index >= 15 is 0 Å². The molecule has 136 valence electrons. The second-order valence-corrected chi connectivity index (χ2v) is 8.82. The minimum absolute atomic E-state index is 0.139. The van der Waals surface area contributed by atoms with Crippen LogP contribution in [-0.2, 0) is 20.2 Å². The molecule has 1 aliphatic heterocycles. The summed E-state index contributed by atoms with van der Waals surface area (Å²) in [5.74, 6) is -0.499. The molecule has 1 N–H and O–H groups in total. The summed E-state index contributed by atoms with van der Waals surface area (Å²) in [6, 6.07) is 13.1. The lowest BCUT2D eigenvalue weighted by Crippen LogP contribution is -2.29. The number of nitrogens with one attached hydrogen (secondary N) is 1. The van der Waals surface area contributed by atoms with E-state index in [4.69, 9.17) is 0 Å². The summed E-state index contributed by atoms with van der Waals surface area (Å²) in [7, 11) is -3.28. The highest BCUT2D eigenvalue weighted by molar-refractivity contribution is 7.93. The Labute approximate surface area is 151 Å². The number of anilines is 2. The van der Waals surface area contributed by atoms with Gasteiger partial charge in [-0.1, -0.05) is 24.3 Å². The highest BCUT2D eigenvalue weighted by Gasteiger charge is 2.52. The van der Waals surface area contributed by atoms with E-state index in [0.717, 1.165) is 0 Å². The fourth-order valence-electron chi connectivity index (χ4n) is 3.51. The van der Waals surface area contributed by atoms with Crippen LogP contribution in [0, 0.1) is 5.82 Å². The molecule has 2 aromatic rings. The van der Waals surface area contributed by atoms with Crippen molar-refractivity contribution in [1.29, 1.82) is 0 Å². The minimum Gasteiger partial charge on any atom is -0.325 e. The third kappa shape index (κ3) is 2.86. The lowest BCUT2D eigenvalue weighted by molar-refractivity contribution is -0.118. The average molecular weight is 374 g/mol. The van der Waals surface area contributed by atoms with E-state index in [1.807, 2.05) is 0 Å². The van der Waals surface area contributed by atoms with Gasteiger partial charge in [0.1, 0.15) is 5.82 Å². The molecular weight excluding hydrogens is 355 g/mol. The molecule has 0 atom stereocenters. The number of sulfonamides is 1. The molecule has 2 aliphatic rings. The van der Waals surface area contributed by atoms with Gasteiger partial charge in [0, 0.05) is 17.8 Å². The van der Waals surface area contributed by atoms with Crippen molar-refractivity contribution >= 4 is 27.3 Å². The first-order valence-corrected chi connectivity index (χ1v) is 10.2. The summed E-state index contributed by atoms with van der Waals surface area (Å²) >= 11 is 0. The normalized spacial score (nSPS) is 20.0. The van der Waals surface area contributed by atoms with Crippen molar-refractivity contribution in [1.82, 2.24) is 0 Å². The predicted octanol–water partition coefficient (Wildman–Crippen LogP) is 3.04. The zero-order chi connectivity index (χ0) is 18.4. The van der Waals surface area contributed by atoms with Gasteiger partial charge in [0.15, 0.2) is 0 Å². The number of rotatable bonds is 4. The molecule has 0 unspecified atom stereocenters. The molecule has 0 spiro atoms. The molecule has 1 saturated carbocycles. The van der Waals surface area contributed by atoms with Gasteiger partial charge >= 0.3 is 0 Å². The van der Waals surface area contributed by atoms with Crippen LogP contribution in [0.1, 0.15) is 24.8 Å². The van der Waals surface area contributed by atoms with Gasteiger partial charge in [-0.05, 0) is 43.5 Å². The summed E-state index contributed by atoms with van der Waals surface area (Å²) in [6.07, 6.45) is 1.79. The highest BCUT2D eigenvalue weighted by Crippen LogP contribution is 2.49. The topological polar surface area (TPSA) is 66.5 Å². The number of carbonyl (C=O) groups is 1. The predicted molar refractivity (Wildman–Crippen MR) is 98.1 cm³/mol. The number of hydrogen-bond donors (Lipinski definition) is 1. The van der Waals surface area contributed by atoms with Crippen LogP contribution in [0.25, 0.3) is 0 Å². The van der Waals surface area contributed by atoms with Gasteiger partial charge in [0.25, 0.3) is 0 Å². The third-order valence-corrected chi connectivity index (χ3v) is 6.93. The van der Waals surface area contributed by atoms with Crippen molar-refractivity contribution in [2.75, 3.05) is 21.9 Å². The molecule has 1 heterocycles. The van der Waals surface area contributed by atoms with Crippen LogP contribution >= 0.6 is 0 Å². The molecule has 1 amide bonds. The fraction of sp³-hybridized carbons (Fsp3) is 0.316. The Morgan fingerprint density at radius 2 is 1.88 bits per heavy atom. The number of carbonyl (C=O) groups excluding carboxylic acids is 1. The molecule has 4 rings (SSSR count). The first-order valence-electron chi connectivity index (χ1n) is 8.59. The van der Waals surface area contributed by atoms with E-state index in [1.165, 1.54) is 10.4 Å². The number of benzene rings is 2. The Morgan fingerprint density at radius 1 is 1.12 bits per heavy atom. The summed E-state index contributed by atoms with van der Waals surface area (Å²) in [6.45, 7) is 0.443. The summed E-state index contributed by atoms with van der Waals surface area (Å²) < 4.78 is 39.7. The maximum absolute atomic E-state index is 14.1. The van der Waals surface area contributed by atoms with Crippen LogP contribution in [0.2, 0.25) is 0 Å². The molecule has 2 aromatic carbocycles. The van der Waals surface area contributed by atoms with Crippen molar-refractivity contribution < 1.29 is 17.6 Å². The quantitative estimate of drug-likeness (QED) is 0.895. The Bertz CT molecular complexity index is 970. The third-order valence-electron chi connectivity index (χ3n) is 5.07. The van der Waals surface area contributed by atoms with Gasteiger partial charge in [-0.2, -0.15) is 0 Å². The summed E-state index contributed by atoms with van der Waals surface area (Å²) in [4.78, 5) is 12.8. The van der Waals surface area contributed by atoms with Crippen molar-refractivity contribution in [2.45, 2.75) is 24.7 Å². The Hall–Kier alpha value is -2.41. The van der Waals surface area contributed by atoms with Crippen LogP contribution < -0.4 is 9.62 Å². The molecule has 0 bridgehead atoms. The van der Waals surface area contributed by atoms with Crippen LogP contribution in [0.15, 0.2) is 48.5 Å². The lowest BCUT2D eigenvalue weighted by atomic mass is 9.94. The lowest BCUT2D eigenvalue weighted by Gasteiger charge is -2.19. The van der Waals surface area contributed by atoms with Crippen LogP contribution in [0.4, 0.5) is 15.8 Å². The smallest absolute Gasteiger partial charge is 0.235 e. The molecule has 2 fully saturated rings. The highest BCUT2D eigenvalue weighted by atomic mass is 32.2. The SMILES string of the molecule is O=C(Nc1cccc(N2CCCS2(=O)=O)c1)C1(c2ccccc2F)CC1. The summed E-state index contributed by atoms with van der Waals surface area (Å²) in [5.41, 5.74) is 0.630. The van der Waals surface area contributed by atoms with Gasteiger partial charge in [-0.15, -0.1) is 0 Å². The monoisotopic (exact) mass is 374 g/mol. The van der Waals surface area contributed by atoms with Gasteiger partial charge in [0.2, 0.25) is 15.9 Å². The number of halogens is 1. The molecule has 0 aromatic heterocycles. The maximum Gasteiger partial charge on any atom is 0.235 e. The molecule has 5 nitrogen and oxygen atoms in total. The van der Waals surface area contributed by atoms with Crippen LogP contribution in [0.3, 0.4) is 0 Å². The van der Waals surface area contributed by atoms with E-state index in [-0.39, 0.29) is 17.5 Å². The van der Waals surface area contributed by atoms with Crippen LogP contribution in [0.5, 0.6) is 0 Å². The first kappa shape index (κ1) is 17.0. The number of amides is 1. The van der Waals surface area contributed by atoms with Gasteiger partial charge in [-0.25, -0.2) is 12.8 Å². The van der Waals surface area contributed by atoms with E-state index in [9.17, 15) is 17.6 Å². The maximum atomic E-state index is 14.1.